The normalized spacial score (nSPS) is 13.5. The Hall–Kier alpha value is -1.89. The van der Waals surface area contributed by atoms with Crippen LogP contribution in [0.3, 0.4) is 0 Å². The second-order valence-electron chi connectivity index (χ2n) is 5.44. The molecule has 0 fully saturated rings. The molecule has 0 spiro atoms. The van der Waals surface area contributed by atoms with Crippen molar-refractivity contribution in [2.75, 3.05) is 6.61 Å². The number of carbonyl (C=O) groups is 1. The van der Waals surface area contributed by atoms with Crippen LogP contribution in [0.5, 0.6) is 11.5 Å². The van der Waals surface area contributed by atoms with E-state index in [0.717, 1.165) is 6.42 Å². The van der Waals surface area contributed by atoms with Crippen molar-refractivity contribution >= 4 is 5.91 Å². The maximum Gasteiger partial charge on any atom is 0.387 e. The highest BCUT2D eigenvalue weighted by Crippen LogP contribution is 2.29. The summed E-state index contributed by atoms with van der Waals surface area (Å²) in [5, 5.41) is 2.75. The quantitative estimate of drug-likeness (QED) is 0.730. The summed E-state index contributed by atoms with van der Waals surface area (Å²) in [5.74, 6) is -0.0830. The molecule has 1 amide bonds. The van der Waals surface area contributed by atoms with Crippen molar-refractivity contribution in [2.24, 2.45) is 5.73 Å². The van der Waals surface area contributed by atoms with Crippen LogP contribution < -0.4 is 20.5 Å². The van der Waals surface area contributed by atoms with Crippen molar-refractivity contribution in [3.05, 3.63) is 23.8 Å². The molecule has 0 saturated carbocycles. The van der Waals surface area contributed by atoms with E-state index in [1.807, 2.05) is 6.92 Å². The minimum atomic E-state index is -2.92. The van der Waals surface area contributed by atoms with Crippen molar-refractivity contribution < 1.29 is 23.0 Å². The number of nitrogens with two attached hydrogens (primary N) is 1. The van der Waals surface area contributed by atoms with Crippen LogP contribution in [0.15, 0.2) is 18.2 Å². The Kier molecular flexibility index (Phi) is 7.22. The van der Waals surface area contributed by atoms with Gasteiger partial charge in [-0.15, -0.1) is 0 Å². The van der Waals surface area contributed by atoms with Crippen LogP contribution in [-0.4, -0.2) is 24.7 Å². The number of ether oxygens (including phenoxy) is 2. The molecule has 0 aromatic heterocycles. The largest absolute Gasteiger partial charge is 0.490 e. The van der Waals surface area contributed by atoms with Gasteiger partial charge in [0.05, 0.1) is 12.1 Å². The van der Waals surface area contributed by atoms with Gasteiger partial charge in [0.25, 0.3) is 0 Å². The number of nitrogens with one attached hydrogen (secondary N) is 1. The predicted octanol–water partition coefficient (Wildman–Crippen LogP) is 2.82. The summed E-state index contributed by atoms with van der Waals surface area (Å²) in [5.41, 5.74) is 5.72. The SMILES string of the molecule is CCCC(C)(N)C(=O)NCc1ccc(OC(F)F)c(OCC)c1. The summed E-state index contributed by atoms with van der Waals surface area (Å²) in [6.45, 7) is 2.99. The van der Waals surface area contributed by atoms with Crippen molar-refractivity contribution in [3.63, 3.8) is 0 Å². The zero-order valence-electron chi connectivity index (χ0n) is 13.7. The summed E-state index contributed by atoms with van der Waals surface area (Å²) in [7, 11) is 0. The molecule has 0 radical (unpaired) electrons. The summed E-state index contributed by atoms with van der Waals surface area (Å²) in [6, 6.07) is 4.55. The van der Waals surface area contributed by atoms with E-state index >= 15 is 0 Å². The van der Waals surface area contributed by atoms with Gasteiger partial charge in [-0.3, -0.25) is 4.79 Å². The summed E-state index contributed by atoms with van der Waals surface area (Å²) in [6.07, 6.45) is 1.37. The lowest BCUT2D eigenvalue weighted by Crippen LogP contribution is -2.51. The van der Waals surface area contributed by atoms with Crippen molar-refractivity contribution in [1.82, 2.24) is 5.32 Å². The monoisotopic (exact) mass is 330 g/mol. The summed E-state index contributed by atoms with van der Waals surface area (Å²) >= 11 is 0. The average molecular weight is 330 g/mol. The zero-order chi connectivity index (χ0) is 17.5. The Balaban J connectivity index is 2.77. The first-order valence-electron chi connectivity index (χ1n) is 7.57. The molecule has 130 valence electrons. The molecule has 5 nitrogen and oxygen atoms in total. The second-order valence-corrected chi connectivity index (χ2v) is 5.44. The van der Waals surface area contributed by atoms with Crippen molar-refractivity contribution in [2.45, 2.75) is 52.3 Å². The van der Waals surface area contributed by atoms with E-state index < -0.39 is 12.2 Å². The predicted molar refractivity (Wildman–Crippen MR) is 83.6 cm³/mol. The van der Waals surface area contributed by atoms with E-state index in [-0.39, 0.29) is 24.0 Å². The highest BCUT2D eigenvalue weighted by Gasteiger charge is 2.26. The highest BCUT2D eigenvalue weighted by molar-refractivity contribution is 5.85. The molecule has 0 bridgehead atoms. The lowest BCUT2D eigenvalue weighted by atomic mass is 9.96. The fourth-order valence-electron chi connectivity index (χ4n) is 2.14. The minimum Gasteiger partial charge on any atom is -0.490 e. The van der Waals surface area contributed by atoms with Crippen LogP contribution in [0.4, 0.5) is 8.78 Å². The van der Waals surface area contributed by atoms with Crippen LogP contribution in [-0.2, 0) is 11.3 Å². The van der Waals surface area contributed by atoms with E-state index in [1.165, 1.54) is 6.07 Å². The number of rotatable bonds is 9. The third-order valence-electron chi connectivity index (χ3n) is 3.27. The number of hydrogen-bond donors (Lipinski definition) is 2. The van der Waals surface area contributed by atoms with Crippen molar-refractivity contribution in [3.8, 4) is 11.5 Å². The first kappa shape index (κ1) is 19.2. The van der Waals surface area contributed by atoms with Gasteiger partial charge in [0.1, 0.15) is 0 Å². The summed E-state index contributed by atoms with van der Waals surface area (Å²) in [4.78, 5) is 12.1. The third-order valence-corrected chi connectivity index (χ3v) is 3.27. The Morgan fingerprint density at radius 3 is 2.61 bits per heavy atom. The van der Waals surface area contributed by atoms with Crippen LogP contribution >= 0.6 is 0 Å². The number of benzene rings is 1. The van der Waals surface area contributed by atoms with Crippen LogP contribution in [0, 0.1) is 0 Å². The number of halogens is 2. The van der Waals surface area contributed by atoms with Gasteiger partial charge in [-0.05, 0) is 38.0 Å². The Morgan fingerprint density at radius 1 is 1.35 bits per heavy atom. The zero-order valence-corrected chi connectivity index (χ0v) is 13.7. The van der Waals surface area contributed by atoms with E-state index in [2.05, 4.69) is 10.1 Å². The molecule has 1 rings (SSSR count). The Morgan fingerprint density at radius 2 is 2.04 bits per heavy atom. The second kappa shape index (κ2) is 8.67. The van der Waals surface area contributed by atoms with Gasteiger partial charge in [-0.2, -0.15) is 8.78 Å². The highest BCUT2D eigenvalue weighted by atomic mass is 19.3. The fraction of sp³-hybridized carbons (Fsp3) is 0.562. The molecule has 3 N–H and O–H groups in total. The molecule has 1 aromatic carbocycles. The van der Waals surface area contributed by atoms with Gasteiger partial charge in [-0.1, -0.05) is 19.4 Å². The maximum atomic E-state index is 12.4. The van der Waals surface area contributed by atoms with E-state index in [9.17, 15) is 13.6 Å². The topological polar surface area (TPSA) is 73.6 Å². The van der Waals surface area contributed by atoms with Gasteiger partial charge >= 0.3 is 6.61 Å². The standard InChI is InChI=1S/C16H24F2N2O3/c1-4-8-16(3,19)14(21)20-10-11-6-7-12(23-15(17)18)13(9-11)22-5-2/h6-7,9,15H,4-5,8,10,19H2,1-3H3,(H,20,21). The van der Waals surface area contributed by atoms with Gasteiger partial charge in [0.15, 0.2) is 11.5 Å². The van der Waals surface area contributed by atoms with Crippen LogP contribution in [0.1, 0.15) is 39.2 Å². The number of carbonyl (C=O) groups excluding carboxylic acids is 1. The van der Waals surface area contributed by atoms with Gasteiger partial charge in [0, 0.05) is 6.54 Å². The minimum absolute atomic E-state index is 0.0356. The smallest absolute Gasteiger partial charge is 0.387 e. The van der Waals surface area contributed by atoms with Gasteiger partial charge < -0.3 is 20.5 Å². The lowest BCUT2D eigenvalue weighted by molar-refractivity contribution is -0.126. The molecule has 0 heterocycles. The van der Waals surface area contributed by atoms with E-state index in [0.29, 0.717) is 18.6 Å². The van der Waals surface area contributed by atoms with Crippen LogP contribution in [0.2, 0.25) is 0 Å². The number of hydrogen-bond acceptors (Lipinski definition) is 4. The Labute approximate surface area is 135 Å². The van der Waals surface area contributed by atoms with E-state index in [1.54, 1.807) is 26.0 Å². The third kappa shape index (κ3) is 6.02. The van der Waals surface area contributed by atoms with E-state index in [4.69, 9.17) is 10.5 Å². The van der Waals surface area contributed by atoms with Crippen molar-refractivity contribution in [1.29, 1.82) is 0 Å². The fourth-order valence-corrected chi connectivity index (χ4v) is 2.14. The molecule has 1 unspecified atom stereocenters. The molecule has 7 heteroatoms. The molecular weight excluding hydrogens is 306 g/mol. The average Bonchev–Trinajstić information content (AvgIpc) is 2.46. The molecule has 0 aliphatic carbocycles. The number of amides is 1. The first-order chi connectivity index (χ1) is 10.8. The van der Waals surface area contributed by atoms with Gasteiger partial charge in [-0.25, -0.2) is 0 Å². The first-order valence-corrected chi connectivity index (χ1v) is 7.57. The lowest BCUT2D eigenvalue weighted by Gasteiger charge is -2.23. The molecule has 1 atom stereocenters. The Bertz CT molecular complexity index is 522. The van der Waals surface area contributed by atoms with Gasteiger partial charge in [0.2, 0.25) is 5.91 Å². The number of alkyl halides is 2. The maximum absolute atomic E-state index is 12.4. The molecule has 0 saturated heterocycles. The molecule has 23 heavy (non-hydrogen) atoms. The summed E-state index contributed by atoms with van der Waals surface area (Å²) < 4.78 is 34.4. The molecule has 0 aliphatic rings. The molecule has 0 aliphatic heterocycles. The van der Waals surface area contributed by atoms with Crippen LogP contribution in [0.25, 0.3) is 0 Å². The molecule has 1 aromatic rings. The molecular formula is C16H24F2N2O3.